The summed E-state index contributed by atoms with van der Waals surface area (Å²) in [5, 5.41) is 12.3. The minimum absolute atomic E-state index is 0.0594. The van der Waals surface area contributed by atoms with Crippen molar-refractivity contribution in [2.24, 2.45) is 0 Å². The minimum atomic E-state index is -4.96. The summed E-state index contributed by atoms with van der Waals surface area (Å²) in [6, 6.07) is 0.129. The zero-order valence-electron chi connectivity index (χ0n) is 11.4. The normalized spacial score (nSPS) is 22.9. The van der Waals surface area contributed by atoms with Gasteiger partial charge in [0, 0.05) is 6.54 Å². The largest absolute Gasteiger partial charge is 0.418 e. The van der Waals surface area contributed by atoms with Crippen LogP contribution in [0.2, 0.25) is 0 Å². The molecular weight excluding hydrogens is 328 g/mol. The van der Waals surface area contributed by atoms with Crippen molar-refractivity contribution in [2.45, 2.75) is 30.9 Å². The summed E-state index contributed by atoms with van der Waals surface area (Å²) in [7, 11) is 0. The quantitative estimate of drug-likeness (QED) is 0.700. The van der Waals surface area contributed by atoms with Crippen LogP contribution in [0.4, 0.5) is 26.3 Å². The van der Waals surface area contributed by atoms with Gasteiger partial charge in [-0.15, -0.1) is 0 Å². The maximum absolute atomic E-state index is 13.1. The Hall–Kier alpha value is -1.81. The second-order valence-electron chi connectivity index (χ2n) is 5.39. The number of fused-ring (bicyclic) bond motifs is 1. The van der Waals surface area contributed by atoms with Crippen LogP contribution in [0.15, 0.2) is 12.1 Å². The van der Waals surface area contributed by atoms with Crippen LogP contribution in [-0.2, 0) is 12.4 Å². The van der Waals surface area contributed by atoms with E-state index in [9.17, 15) is 31.4 Å². The summed E-state index contributed by atoms with van der Waals surface area (Å²) in [6.45, 7) is 0.238. The van der Waals surface area contributed by atoms with E-state index in [0.717, 1.165) is 0 Å². The first-order valence-electron chi connectivity index (χ1n) is 6.65. The summed E-state index contributed by atoms with van der Waals surface area (Å²) >= 11 is 0. The zero-order valence-corrected chi connectivity index (χ0v) is 11.4. The first-order valence-corrected chi connectivity index (χ1v) is 6.65. The molecule has 4 nitrogen and oxygen atoms in total. The fraction of sp³-hybridized carbons (Fsp3) is 0.462. The highest BCUT2D eigenvalue weighted by atomic mass is 19.4. The monoisotopic (exact) mass is 339 g/mol. The predicted molar refractivity (Wildman–Crippen MR) is 67.5 cm³/mol. The fourth-order valence-electron chi connectivity index (χ4n) is 2.61. The Morgan fingerprint density at radius 1 is 1.09 bits per heavy atom. The molecule has 1 aromatic heterocycles. The number of H-pyrrole nitrogens is 1. The average molecular weight is 339 g/mol. The maximum Gasteiger partial charge on any atom is 0.418 e. The van der Waals surface area contributed by atoms with Crippen LogP contribution in [0.5, 0.6) is 0 Å². The van der Waals surface area contributed by atoms with Gasteiger partial charge in [-0.2, -0.15) is 26.3 Å². The van der Waals surface area contributed by atoms with Crippen molar-refractivity contribution in [2.75, 3.05) is 6.54 Å². The molecule has 1 aliphatic rings. The molecule has 1 aromatic carbocycles. The van der Waals surface area contributed by atoms with Crippen LogP contribution in [0, 0.1) is 0 Å². The summed E-state index contributed by atoms with van der Waals surface area (Å²) in [5.41, 5.74) is -3.75. The van der Waals surface area contributed by atoms with E-state index < -0.39 is 41.1 Å². The van der Waals surface area contributed by atoms with Crippen LogP contribution in [-0.4, -0.2) is 27.7 Å². The minimum Gasteiger partial charge on any atom is -0.392 e. The van der Waals surface area contributed by atoms with Crippen molar-refractivity contribution in [1.82, 2.24) is 15.3 Å². The lowest BCUT2D eigenvalue weighted by Gasteiger charge is -2.11. The maximum atomic E-state index is 13.1. The van der Waals surface area contributed by atoms with Crippen molar-refractivity contribution in [3.63, 3.8) is 0 Å². The number of aromatic amines is 1. The number of aliphatic hydroxyl groups is 1. The van der Waals surface area contributed by atoms with Gasteiger partial charge in [-0.05, 0) is 18.6 Å². The third-order valence-corrected chi connectivity index (χ3v) is 3.68. The van der Waals surface area contributed by atoms with E-state index in [-0.39, 0.29) is 30.4 Å². The molecule has 1 aliphatic heterocycles. The topological polar surface area (TPSA) is 60.9 Å². The molecule has 3 N–H and O–H groups in total. The number of hydrogen-bond acceptors (Lipinski definition) is 3. The number of alkyl halides is 6. The van der Waals surface area contributed by atoms with Crippen molar-refractivity contribution >= 4 is 11.0 Å². The van der Waals surface area contributed by atoms with Gasteiger partial charge >= 0.3 is 12.4 Å². The number of benzene rings is 1. The summed E-state index contributed by atoms with van der Waals surface area (Å²) in [6.07, 6.45) is -10.3. The first kappa shape index (κ1) is 16.1. The van der Waals surface area contributed by atoms with E-state index in [1.54, 1.807) is 0 Å². The Kier molecular flexibility index (Phi) is 3.56. The Bertz CT molecular complexity index is 736. The SMILES string of the molecule is OC1CNC(c2nc3c(C(F)(F)F)cc(C(F)(F)F)cc3[nH]2)C1. The molecule has 1 saturated heterocycles. The molecule has 2 heterocycles. The van der Waals surface area contributed by atoms with Gasteiger partial charge in [0.25, 0.3) is 0 Å². The Balaban J connectivity index is 2.16. The van der Waals surface area contributed by atoms with Gasteiger partial charge in [0.1, 0.15) is 11.3 Å². The number of aliphatic hydroxyl groups excluding tert-OH is 1. The number of nitrogens with one attached hydrogen (secondary N) is 2. The third-order valence-electron chi connectivity index (χ3n) is 3.68. The summed E-state index contributed by atoms with van der Waals surface area (Å²) in [5.74, 6) is 0.0707. The number of imidazole rings is 1. The lowest BCUT2D eigenvalue weighted by atomic mass is 10.1. The molecule has 126 valence electrons. The van der Waals surface area contributed by atoms with E-state index in [1.807, 2.05) is 0 Å². The summed E-state index contributed by atoms with van der Waals surface area (Å²) < 4.78 is 77.6. The van der Waals surface area contributed by atoms with E-state index in [0.29, 0.717) is 6.07 Å². The lowest BCUT2D eigenvalue weighted by Crippen LogP contribution is -2.15. The van der Waals surface area contributed by atoms with Crippen molar-refractivity contribution < 1.29 is 31.4 Å². The zero-order chi connectivity index (χ0) is 17.0. The van der Waals surface area contributed by atoms with Crippen molar-refractivity contribution in [1.29, 1.82) is 0 Å². The Labute approximate surface area is 125 Å². The molecule has 3 rings (SSSR count). The molecule has 0 amide bonds. The molecule has 2 aromatic rings. The van der Waals surface area contributed by atoms with Gasteiger partial charge in [-0.25, -0.2) is 4.98 Å². The number of hydrogen-bond donors (Lipinski definition) is 3. The lowest BCUT2D eigenvalue weighted by molar-refractivity contribution is -0.142. The molecule has 0 spiro atoms. The van der Waals surface area contributed by atoms with Gasteiger partial charge in [0.15, 0.2) is 0 Å². The Morgan fingerprint density at radius 3 is 2.30 bits per heavy atom. The fourth-order valence-corrected chi connectivity index (χ4v) is 2.61. The third kappa shape index (κ3) is 3.00. The van der Waals surface area contributed by atoms with Crippen LogP contribution in [0.1, 0.15) is 29.4 Å². The van der Waals surface area contributed by atoms with Crippen LogP contribution >= 0.6 is 0 Å². The van der Waals surface area contributed by atoms with E-state index in [1.165, 1.54) is 0 Å². The second kappa shape index (κ2) is 5.10. The van der Waals surface area contributed by atoms with Crippen LogP contribution in [0.25, 0.3) is 11.0 Å². The molecule has 0 bridgehead atoms. The number of β-amino-alcohol motifs (C(OH)–C–C–N with tert-alkyl or cyclic N) is 1. The van der Waals surface area contributed by atoms with Gasteiger partial charge in [-0.3, -0.25) is 0 Å². The molecule has 2 atom stereocenters. The molecule has 10 heteroatoms. The second-order valence-corrected chi connectivity index (χ2v) is 5.39. The highest BCUT2D eigenvalue weighted by Crippen LogP contribution is 2.39. The molecule has 2 unspecified atom stereocenters. The predicted octanol–water partition coefficient (Wildman–Crippen LogP) is 3.00. The van der Waals surface area contributed by atoms with Gasteiger partial charge < -0.3 is 15.4 Å². The number of halogens is 6. The van der Waals surface area contributed by atoms with E-state index >= 15 is 0 Å². The molecule has 1 fully saturated rings. The van der Waals surface area contributed by atoms with Crippen LogP contribution < -0.4 is 5.32 Å². The molecule has 0 aliphatic carbocycles. The Morgan fingerprint density at radius 2 is 1.78 bits per heavy atom. The molecule has 0 saturated carbocycles. The average Bonchev–Trinajstić information content (AvgIpc) is 3.00. The number of rotatable bonds is 1. The van der Waals surface area contributed by atoms with Gasteiger partial charge in [0.2, 0.25) is 0 Å². The number of aromatic nitrogens is 2. The molecule has 0 radical (unpaired) electrons. The molecular formula is C13H11F6N3O. The number of nitrogens with zero attached hydrogens (tertiary/aromatic N) is 1. The van der Waals surface area contributed by atoms with Crippen molar-refractivity contribution in [3.05, 3.63) is 29.1 Å². The van der Waals surface area contributed by atoms with Crippen LogP contribution in [0.3, 0.4) is 0 Å². The van der Waals surface area contributed by atoms with Gasteiger partial charge in [0.05, 0.1) is 28.8 Å². The van der Waals surface area contributed by atoms with Crippen molar-refractivity contribution in [3.8, 4) is 0 Å². The van der Waals surface area contributed by atoms with Gasteiger partial charge in [-0.1, -0.05) is 0 Å². The highest BCUT2D eigenvalue weighted by Gasteiger charge is 2.39. The highest BCUT2D eigenvalue weighted by molar-refractivity contribution is 5.80. The summed E-state index contributed by atoms with van der Waals surface area (Å²) in [4.78, 5) is 6.30. The standard InChI is InChI=1S/C13H11F6N3O/c14-12(15,16)5-1-7(13(17,18)19)10-8(2-5)21-11(22-10)9-3-6(23)4-20-9/h1-2,6,9,20,23H,3-4H2,(H,21,22). The van der Waals surface area contributed by atoms with E-state index in [4.69, 9.17) is 0 Å². The van der Waals surface area contributed by atoms with E-state index in [2.05, 4.69) is 15.3 Å². The smallest absolute Gasteiger partial charge is 0.392 e. The molecule has 23 heavy (non-hydrogen) atoms. The first-order chi connectivity index (χ1) is 10.6.